The molecule has 0 bridgehead atoms. The molecule has 0 aromatic carbocycles. The third-order valence-corrected chi connectivity index (χ3v) is 3.13. The van der Waals surface area contributed by atoms with Gasteiger partial charge in [0.1, 0.15) is 4.88 Å². The van der Waals surface area contributed by atoms with Gasteiger partial charge in [-0.3, -0.25) is 0 Å². The fourth-order valence-corrected chi connectivity index (χ4v) is 2.05. The van der Waals surface area contributed by atoms with Crippen molar-refractivity contribution in [3.63, 3.8) is 0 Å². The molecule has 0 fully saturated rings. The number of ether oxygens (including phenoxy) is 2. The van der Waals surface area contributed by atoms with Crippen LogP contribution in [0.1, 0.15) is 20.4 Å². The Morgan fingerprint density at radius 2 is 2.19 bits per heavy atom. The van der Waals surface area contributed by atoms with Crippen molar-refractivity contribution >= 4 is 17.3 Å². The normalized spacial score (nSPS) is 10.6. The van der Waals surface area contributed by atoms with Gasteiger partial charge < -0.3 is 14.6 Å². The fraction of sp³-hybridized carbons (Fsp3) is 0.600. The number of aromatic carboxylic acids is 1. The van der Waals surface area contributed by atoms with E-state index in [0.29, 0.717) is 36.8 Å². The number of carbonyl (C=O) groups is 1. The van der Waals surface area contributed by atoms with Gasteiger partial charge >= 0.3 is 5.97 Å². The van der Waals surface area contributed by atoms with Gasteiger partial charge in [-0.1, -0.05) is 0 Å². The van der Waals surface area contributed by atoms with Crippen LogP contribution in [-0.2, 0) is 15.9 Å². The van der Waals surface area contributed by atoms with Crippen molar-refractivity contribution < 1.29 is 19.4 Å². The van der Waals surface area contributed by atoms with Gasteiger partial charge in [-0.15, -0.1) is 11.3 Å². The Balaban J connectivity index is 2.37. The number of hydrogen-bond acceptors (Lipinski definition) is 5. The van der Waals surface area contributed by atoms with Crippen molar-refractivity contribution in [2.75, 3.05) is 26.9 Å². The highest BCUT2D eigenvalue weighted by molar-refractivity contribution is 7.13. The molecule has 0 aliphatic rings. The van der Waals surface area contributed by atoms with Crippen molar-refractivity contribution in [2.24, 2.45) is 0 Å². The maximum atomic E-state index is 10.8. The Labute approximate surface area is 98.0 Å². The number of carboxylic acids is 1. The highest BCUT2D eigenvalue weighted by Crippen LogP contribution is 2.18. The number of nitrogens with zero attached hydrogens (tertiary/aromatic N) is 1. The van der Waals surface area contributed by atoms with Crippen LogP contribution in [-0.4, -0.2) is 43.0 Å². The van der Waals surface area contributed by atoms with Gasteiger partial charge in [0, 0.05) is 13.5 Å². The quantitative estimate of drug-likeness (QED) is 0.734. The zero-order valence-corrected chi connectivity index (χ0v) is 10.2. The van der Waals surface area contributed by atoms with E-state index in [1.54, 1.807) is 14.0 Å². The first-order valence-electron chi connectivity index (χ1n) is 4.91. The Morgan fingerprint density at radius 3 is 2.75 bits per heavy atom. The second-order valence-electron chi connectivity index (χ2n) is 3.18. The van der Waals surface area contributed by atoms with Gasteiger partial charge in [-0.2, -0.15) is 0 Å². The molecule has 90 valence electrons. The lowest BCUT2D eigenvalue weighted by atomic mass is 10.4. The minimum Gasteiger partial charge on any atom is -0.477 e. The van der Waals surface area contributed by atoms with Crippen LogP contribution in [0.3, 0.4) is 0 Å². The van der Waals surface area contributed by atoms with E-state index in [2.05, 4.69) is 4.98 Å². The molecule has 0 radical (unpaired) electrons. The van der Waals surface area contributed by atoms with Crippen LogP contribution in [0.15, 0.2) is 0 Å². The third-order valence-electron chi connectivity index (χ3n) is 1.93. The van der Waals surface area contributed by atoms with E-state index in [9.17, 15) is 4.79 Å². The molecule has 1 rings (SSSR count). The number of methoxy groups -OCH3 is 1. The molecule has 16 heavy (non-hydrogen) atoms. The van der Waals surface area contributed by atoms with Gasteiger partial charge in [-0.25, -0.2) is 9.78 Å². The summed E-state index contributed by atoms with van der Waals surface area (Å²) in [4.78, 5) is 15.3. The highest BCUT2D eigenvalue weighted by Gasteiger charge is 2.13. The minimum atomic E-state index is -0.915. The maximum absolute atomic E-state index is 10.8. The first-order valence-corrected chi connectivity index (χ1v) is 5.73. The average molecular weight is 245 g/mol. The highest BCUT2D eigenvalue weighted by atomic mass is 32.1. The van der Waals surface area contributed by atoms with Crippen LogP contribution >= 0.6 is 11.3 Å². The summed E-state index contributed by atoms with van der Waals surface area (Å²) in [6, 6.07) is 0. The number of aryl methyl sites for hydroxylation is 1. The first kappa shape index (κ1) is 13.1. The molecule has 0 amide bonds. The van der Waals surface area contributed by atoms with Gasteiger partial charge in [0.25, 0.3) is 0 Å². The van der Waals surface area contributed by atoms with Crippen LogP contribution in [0, 0.1) is 6.92 Å². The fourth-order valence-electron chi connectivity index (χ4n) is 1.16. The van der Waals surface area contributed by atoms with Crippen LogP contribution < -0.4 is 0 Å². The standard InChI is InChI=1S/C10H15NO4S/c1-7-9(10(12)13)16-8(11-7)3-4-15-6-5-14-2/h3-6H2,1-2H3,(H,12,13). The van der Waals surface area contributed by atoms with E-state index in [1.165, 1.54) is 11.3 Å². The monoisotopic (exact) mass is 245 g/mol. The molecule has 6 heteroatoms. The molecule has 0 saturated heterocycles. The molecule has 0 spiro atoms. The lowest BCUT2D eigenvalue weighted by Gasteiger charge is -2.00. The first-order chi connectivity index (χ1) is 7.65. The third kappa shape index (κ3) is 3.88. The lowest BCUT2D eigenvalue weighted by molar-refractivity contribution is 0.0701. The molecule has 0 aliphatic carbocycles. The van der Waals surface area contributed by atoms with E-state index in [0.717, 1.165) is 5.01 Å². The summed E-state index contributed by atoms with van der Waals surface area (Å²) >= 11 is 1.21. The molecule has 0 atom stereocenters. The maximum Gasteiger partial charge on any atom is 0.347 e. The Morgan fingerprint density at radius 1 is 1.44 bits per heavy atom. The summed E-state index contributed by atoms with van der Waals surface area (Å²) in [6.07, 6.45) is 0.641. The van der Waals surface area contributed by atoms with Crippen molar-refractivity contribution in [1.29, 1.82) is 0 Å². The second kappa shape index (κ2) is 6.57. The molecular weight excluding hydrogens is 230 g/mol. The van der Waals surface area contributed by atoms with E-state index in [4.69, 9.17) is 14.6 Å². The summed E-state index contributed by atoms with van der Waals surface area (Å²) in [5.74, 6) is -0.915. The molecule has 5 nitrogen and oxygen atoms in total. The van der Waals surface area contributed by atoms with Crippen LogP contribution in [0.4, 0.5) is 0 Å². The molecule has 1 N–H and O–H groups in total. The summed E-state index contributed by atoms with van der Waals surface area (Å²) < 4.78 is 10.1. The number of carboxylic acid groups (broad SMARTS) is 1. The number of thiazole rings is 1. The van der Waals surface area contributed by atoms with E-state index in [1.807, 2.05) is 0 Å². The van der Waals surface area contributed by atoms with Gasteiger partial charge in [0.2, 0.25) is 0 Å². The zero-order chi connectivity index (χ0) is 12.0. The van der Waals surface area contributed by atoms with Gasteiger partial charge in [0.15, 0.2) is 0 Å². The molecular formula is C10H15NO4S. The summed E-state index contributed by atoms with van der Waals surface area (Å²) in [5.41, 5.74) is 0.574. The molecule has 1 heterocycles. The molecule has 1 aromatic rings. The predicted octanol–water partition coefficient (Wildman–Crippen LogP) is 1.36. The van der Waals surface area contributed by atoms with Gasteiger partial charge in [0.05, 0.1) is 30.5 Å². The van der Waals surface area contributed by atoms with Crippen LogP contribution in [0.2, 0.25) is 0 Å². The van der Waals surface area contributed by atoms with E-state index in [-0.39, 0.29) is 0 Å². The number of hydrogen-bond donors (Lipinski definition) is 1. The lowest BCUT2D eigenvalue weighted by Crippen LogP contribution is -2.04. The molecule has 0 unspecified atom stereocenters. The Bertz CT molecular complexity index is 351. The summed E-state index contributed by atoms with van der Waals surface area (Å²) in [6.45, 7) is 3.36. The Kier molecular flexibility index (Phi) is 5.37. The van der Waals surface area contributed by atoms with Crippen LogP contribution in [0.25, 0.3) is 0 Å². The van der Waals surface area contributed by atoms with Crippen molar-refractivity contribution in [3.05, 3.63) is 15.6 Å². The van der Waals surface area contributed by atoms with Crippen molar-refractivity contribution in [1.82, 2.24) is 4.98 Å². The zero-order valence-electron chi connectivity index (χ0n) is 9.36. The minimum absolute atomic E-state index is 0.312. The van der Waals surface area contributed by atoms with E-state index >= 15 is 0 Å². The summed E-state index contributed by atoms with van der Waals surface area (Å²) in [5, 5.41) is 9.64. The van der Waals surface area contributed by atoms with E-state index < -0.39 is 5.97 Å². The largest absolute Gasteiger partial charge is 0.477 e. The molecule has 1 aromatic heterocycles. The second-order valence-corrected chi connectivity index (χ2v) is 4.27. The number of aromatic nitrogens is 1. The van der Waals surface area contributed by atoms with Crippen LogP contribution in [0.5, 0.6) is 0 Å². The topological polar surface area (TPSA) is 68.7 Å². The smallest absolute Gasteiger partial charge is 0.347 e. The SMILES string of the molecule is COCCOCCc1nc(C)c(C(=O)O)s1. The Hall–Kier alpha value is -0.980. The number of rotatable bonds is 7. The molecule has 0 saturated carbocycles. The summed E-state index contributed by atoms with van der Waals surface area (Å²) in [7, 11) is 1.62. The molecule has 0 aliphatic heterocycles. The van der Waals surface area contributed by atoms with Crippen molar-refractivity contribution in [3.8, 4) is 0 Å². The van der Waals surface area contributed by atoms with Crippen molar-refractivity contribution in [2.45, 2.75) is 13.3 Å². The predicted molar refractivity (Wildman–Crippen MR) is 60.2 cm³/mol. The van der Waals surface area contributed by atoms with Gasteiger partial charge in [-0.05, 0) is 6.92 Å². The average Bonchev–Trinajstić information content (AvgIpc) is 2.59.